The average Bonchev–Trinajstić information content (AvgIpc) is 1.66. The van der Waals surface area contributed by atoms with Crippen molar-refractivity contribution >= 4 is 9.52 Å². The third kappa shape index (κ3) is 6.18. The molecule has 2 heteroatoms. The predicted octanol–water partition coefficient (Wildman–Crippen LogP) is 0.978. The number of rotatable bonds is 4. The van der Waals surface area contributed by atoms with Crippen LogP contribution in [-0.4, -0.2) is 22.4 Å². The fraction of sp³-hybridized carbons (Fsp3) is 1.00. The second-order valence-electron chi connectivity index (χ2n) is 2.38. The van der Waals surface area contributed by atoms with Gasteiger partial charge in [-0.25, -0.2) is 0 Å². The smallest absolute Gasteiger partial charge is 0.0542 e. The van der Waals surface area contributed by atoms with Gasteiger partial charge in [-0.3, -0.25) is 0 Å². The molecule has 0 N–H and O–H groups in total. The van der Waals surface area contributed by atoms with Crippen molar-refractivity contribution in [3.8, 4) is 0 Å². The van der Waals surface area contributed by atoms with E-state index in [0.717, 1.165) is 18.4 Å². The van der Waals surface area contributed by atoms with Crippen LogP contribution in [0.3, 0.4) is 0 Å². The molecule has 0 bridgehead atoms. The van der Waals surface area contributed by atoms with Crippen molar-refractivity contribution in [2.75, 3.05) is 12.8 Å². The molecule has 0 aromatic carbocycles. The Labute approximate surface area is 54.3 Å². The molecule has 0 aliphatic carbocycles. The van der Waals surface area contributed by atoms with Gasteiger partial charge in [-0.05, 0) is 6.92 Å². The van der Waals surface area contributed by atoms with Gasteiger partial charge in [0.2, 0.25) is 0 Å². The Morgan fingerprint density at radius 3 is 2.50 bits per heavy atom. The van der Waals surface area contributed by atoms with Gasteiger partial charge in [0.1, 0.15) is 0 Å². The second-order valence-corrected chi connectivity index (χ2v) is 5.00. The molecular formula is C6H16OSi. The van der Waals surface area contributed by atoms with E-state index in [4.69, 9.17) is 4.74 Å². The molecule has 0 aliphatic heterocycles. The highest BCUT2D eigenvalue weighted by molar-refractivity contribution is 6.37. The van der Waals surface area contributed by atoms with Crippen molar-refractivity contribution in [2.24, 2.45) is 0 Å². The van der Waals surface area contributed by atoms with Crippen molar-refractivity contribution < 1.29 is 4.74 Å². The third-order valence-electron chi connectivity index (χ3n) is 1.04. The minimum Gasteiger partial charge on any atom is -0.386 e. The Balaban J connectivity index is 2.72. The quantitative estimate of drug-likeness (QED) is 0.409. The molecule has 0 aliphatic rings. The zero-order valence-electron chi connectivity index (χ0n) is 6.11. The molecule has 0 aromatic rings. The first-order valence-corrected chi connectivity index (χ1v) is 5.16. The molecule has 0 rings (SSSR count). The van der Waals surface area contributed by atoms with E-state index in [0.29, 0.717) is 0 Å². The Morgan fingerprint density at radius 2 is 2.12 bits per heavy atom. The first-order valence-electron chi connectivity index (χ1n) is 3.35. The second kappa shape index (κ2) is 5.32. The van der Waals surface area contributed by atoms with Gasteiger partial charge in [0.05, 0.1) is 9.52 Å². The van der Waals surface area contributed by atoms with Crippen molar-refractivity contribution in [2.45, 2.75) is 26.3 Å². The average molecular weight is 132 g/mol. The molecule has 0 atom stereocenters. The standard InChI is InChI=1S/C6H16OSi/c1-4-7-5-8-6(2)3/h6H,4-5,8H2,1-3H3. The monoisotopic (exact) mass is 132 g/mol. The van der Waals surface area contributed by atoms with E-state index < -0.39 is 0 Å². The fourth-order valence-electron chi connectivity index (χ4n) is 0.463. The maximum atomic E-state index is 5.21. The van der Waals surface area contributed by atoms with Crippen LogP contribution in [0.4, 0.5) is 0 Å². The van der Waals surface area contributed by atoms with Crippen molar-refractivity contribution in [1.29, 1.82) is 0 Å². The summed E-state index contributed by atoms with van der Waals surface area (Å²) < 4.78 is 5.21. The fourth-order valence-corrected chi connectivity index (χ4v) is 1.39. The summed E-state index contributed by atoms with van der Waals surface area (Å²) in [6.07, 6.45) is 1.06. The summed E-state index contributed by atoms with van der Waals surface area (Å²) in [5.74, 6) is 0. The van der Waals surface area contributed by atoms with Gasteiger partial charge < -0.3 is 4.74 Å². The molecule has 8 heavy (non-hydrogen) atoms. The Bertz CT molecular complexity index is 45.8. The lowest BCUT2D eigenvalue weighted by Gasteiger charge is -2.01. The predicted molar refractivity (Wildman–Crippen MR) is 40.1 cm³/mol. The summed E-state index contributed by atoms with van der Waals surface area (Å²) in [6, 6.07) is 0. The first kappa shape index (κ1) is 8.18. The molecule has 0 radical (unpaired) electrons. The number of hydrogen-bond donors (Lipinski definition) is 0. The zero-order valence-corrected chi connectivity index (χ0v) is 7.52. The molecule has 0 amide bonds. The zero-order chi connectivity index (χ0) is 6.41. The Hall–Kier alpha value is 0.177. The van der Waals surface area contributed by atoms with Crippen LogP contribution in [0.25, 0.3) is 0 Å². The van der Waals surface area contributed by atoms with Crippen molar-refractivity contribution in [3.63, 3.8) is 0 Å². The van der Waals surface area contributed by atoms with Gasteiger partial charge in [-0.1, -0.05) is 19.4 Å². The van der Waals surface area contributed by atoms with Gasteiger partial charge in [0.25, 0.3) is 0 Å². The summed E-state index contributed by atoms with van der Waals surface area (Å²) >= 11 is 0. The van der Waals surface area contributed by atoms with Gasteiger partial charge in [0, 0.05) is 12.8 Å². The van der Waals surface area contributed by atoms with Crippen LogP contribution in [0.5, 0.6) is 0 Å². The number of hydrogen-bond acceptors (Lipinski definition) is 1. The van der Waals surface area contributed by atoms with E-state index >= 15 is 0 Å². The van der Waals surface area contributed by atoms with Crippen LogP contribution in [-0.2, 0) is 4.74 Å². The highest BCUT2D eigenvalue weighted by Gasteiger charge is 1.91. The van der Waals surface area contributed by atoms with Gasteiger partial charge >= 0.3 is 0 Å². The van der Waals surface area contributed by atoms with Crippen LogP contribution >= 0.6 is 0 Å². The molecule has 0 saturated heterocycles. The van der Waals surface area contributed by atoms with Gasteiger partial charge in [-0.15, -0.1) is 0 Å². The maximum absolute atomic E-state index is 5.21. The summed E-state index contributed by atoms with van der Waals surface area (Å²) in [5, 5.41) is 0. The van der Waals surface area contributed by atoms with E-state index in [1.165, 1.54) is 0 Å². The lowest BCUT2D eigenvalue weighted by molar-refractivity contribution is 0.192. The highest BCUT2D eigenvalue weighted by atomic mass is 28.2. The van der Waals surface area contributed by atoms with E-state index in [1.54, 1.807) is 0 Å². The summed E-state index contributed by atoms with van der Waals surface area (Å²) in [4.78, 5) is 0. The summed E-state index contributed by atoms with van der Waals surface area (Å²) in [5.41, 5.74) is 0.918. The molecule has 0 spiro atoms. The van der Waals surface area contributed by atoms with Crippen LogP contribution in [0, 0.1) is 0 Å². The highest BCUT2D eigenvalue weighted by Crippen LogP contribution is 1.95. The van der Waals surface area contributed by atoms with Crippen molar-refractivity contribution in [1.82, 2.24) is 0 Å². The Kier molecular flexibility index (Phi) is 5.43. The lowest BCUT2D eigenvalue weighted by atomic mass is 10.6. The van der Waals surface area contributed by atoms with Crippen LogP contribution in [0.1, 0.15) is 20.8 Å². The van der Waals surface area contributed by atoms with E-state index in [-0.39, 0.29) is 9.52 Å². The van der Waals surface area contributed by atoms with Crippen molar-refractivity contribution in [3.05, 3.63) is 0 Å². The van der Waals surface area contributed by atoms with Gasteiger partial charge in [-0.2, -0.15) is 0 Å². The molecule has 0 aromatic heterocycles. The molecule has 50 valence electrons. The van der Waals surface area contributed by atoms with Crippen LogP contribution < -0.4 is 0 Å². The van der Waals surface area contributed by atoms with Crippen LogP contribution in [0.2, 0.25) is 5.54 Å². The molecular weight excluding hydrogens is 116 g/mol. The van der Waals surface area contributed by atoms with E-state index in [9.17, 15) is 0 Å². The first-order chi connectivity index (χ1) is 3.77. The van der Waals surface area contributed by atoms with E-state index in [2.05, 4.69) is 20.8 Å². The van der Waals surface area contributed by atoms with E-state index in [1.807, 2.05) is 0 Å². The number of ether oxygens (including phenoxy) is 1. The van der Waals surface area contributed by atoms with Crippen LogP contribution in [0.15, 0.2) is 0 Å². The Morgan fingerprint density at radius 1 is 1.50 bits per heavy atom. The summed E-state index contributed by atoms with van der Waals surface area (Å²) in [6.45, 7) is 7.48. The summed E-state index contributed by atoms with van der Waals surface area (Å²) in [7, 11) is 0.113. The largest absolute Gasteiger partial charge is 0.386 e. The third-order valence-corrected chi connectivity index (χ3v) is 2.72. The lowest BCUT2D eigenvalue weighted by Crippen LogP contribution is -2.05. The molecule has 0 unspecified atom stereocenters. The topological polar surface area (TPSA) is 9.23 Å². The minimum atomic E-state index is 0.113. The maximum Gasteiger partial charge on any atom is 0.0542 e. The normalized spacial score (nSPS) is 12.0. The molecule has 0 heterocycles. The molecule has 0 saturated carbocycles. The molecule has 1 nitrogen and oxygen atoms in total. The van der Waals surface area contributed by atoms with Gasteiger partial charge in [0.15, 0.2) is 0 Å². The SMILES string of the molecule is CCOC[SiH2]C(C)C. The minimum absolute atomic E-state index is 0.113. The molecule has 0 fully saturated rings.